The van der Waals surface area contributed by atoms with Gasteiger partial charge in [0, 0.05) is 0 Å². The van der Waals surface area contributed by atoms with Gasteiger partial charge in [0.15, 0.2) is 6.29 Å². The third-order valence-electron chi connectivity index (χ3n) is 1.85. The van der Waals surface area contributed by atoms with E-state index in [1.807, 2.05) is 19.6 Å². The van der Waals surface area contributed by atoms with Crippen molar-refractivity contribution in [3.05, 3.63) is 27.7 Å². The smallest absolute Gasteiger partial charge is 0.335 e. The number of benzene rings is 1. The largest absolute Gasteiger partial charge is 0.543 e. The lowest BCUT2D eigenvalue weighted by Crippen LogP contribution is -2.30. The number of hydrogen-bond acceptors (Lipinski definition) is 3. The molecule has 92 valence electrons. The lowest BCUT2D eigenvalue weighted by Gasteiger charge is -2.21. The van der Waals surface area contributed by atoms with Gasteiger partial charge in [-0.3, -0.25) is 4.79 Å². The van der Waals surface area contributed by atoms with Crippen molar-refractivity contribution in [2.24, 2.45) is 0 Å². The molecule has 4 nitrogen and oxygen atoms in total. The van der Waals surface area contributed by atoms with Crippen molar-refractivity contribution < 1.29 is 19.1 Å². The van der Waals surface area contributed by atoms with E-state index in [0.717, 1.165) is 0 Å². The zero-order valence-electron chi connectivity index (χ0n) is 9.78. The van der Waals surface area contributed by atoms with Crippen LogP contribution in [0.5, 0.6) is 5.75 Å². The Morgan fingerprint density at radius 1 is 1.41 bits per heavy atom. The van der Waals surface area contributed by atoms with E-state index >= 15 is 0 Å². The first-order chi connectivity index (χ1) is 7.74. The second-order valence-electron chi connectivity index (χ2n) is 4.51. The molecule has 0 saturated heterocycles. The Morgan fingerprint density at radius 2 is 2.00 bits per heavy atom. The zero-order chi connectivity index (χ0) is 13.2. The van der Waals surface area contributed by atoms with Crippen molar-refractivity contribution in [1.82, 2.24) is 0 Å². The van der Waals surface area contributed by atoms with E-state index in [2.05, 4.69) is 15.9 Å². The molecule has 0 aliphatic heterocycles. The summed E-state index contributed by atoms with van der Waals surface area (Å²) in [4.78, 5) is 21.8. The van der Waals surface area contributed by atoms with E-state index in [4.69, 9.17) is 9.53 Å². The second kappa shape index (κ2) is 5.01. The Bertz CT molecular complexity index is 465. The first-order valence-electron chi connectivity index (χ1n) is 4.95. The summed E-state index contributed by atoms with van der Waals surface area (Å²) in [7, 11) is -1.86. The highest BCUT2D eigenvalue weighted by atomic mass is 79.9. The fraction of sp³-hybridized carbons (Fsp3) is 0.273. The minimum absolute atomic E-state index is 0.0573. The van der Waals surface area contributed by atoms with Crippen LogP contribution >= 0.6 is 15.9 Å². The maximum atomic E-state index is 11.0. The molecule has 0 radical (unpaired) electrons. The number of carbonyl (C=O) groups is 2. The molecule has 0 saturated carbocycles. The topological polar surface area (TPSA) is 63.6 Å². The van der Waals surface area contributed by atoms with Gasteiger partial charge in [-0.05, 0) is 47.7 Å². The van der Waals surface area contributed by atoms with E-state index in [1.165, 1.54) is 12.1 Å². The summed E-state index contributed by atoms with van der Waals surface area (Å²) in [6.45, 7) is 5.96. The van der Waals surface area contributed by atoms with Gasteiger partial charge in [0.25, 0.3) is 0 Å². The number of carbonyl (C=O) groups excluding carboxylic acids is 1. The minimum Gasteiger partial charge on any atom is -0.543 e. The molecule has 0 unspecified atom stereocenters. The van der Waals surface area contributed by atoms with Crippen molar-refractivity contribution in [3.63, 3.8) is 0 Å². The molecule has 0 bridgehead atoms. The van der Waals surface area contributed by atoms with Crippen LogP contribution in [0, 0.1) is 0 Å². The van der Waals surface area contributed by atoms with Crippen LogP contribution in [0.2, 0.25) is 19.6 Å². The molecule has 1 N–H and O–H groups in total. The molecule has 0 aromatic heterocycles. The van der Waals surface area contributed by atoms with Crippen LogP contribution in [0.1, 0.15) is 20.7 Å². The molecule has 6 heteroatoms. The zero-order valence-corrected chi connectivity index (χ0v) is 12.4. The molecular weight excluding hydrogens is 304 g/mol. The van der Waals surface area contributed by atoms with Crippen LogP contribution < -0.4 is 4.43 Å². The predicted octanol–water partition coefficient (Wildman–Crippen LogP) is 3.17. The second-order valence-corrected chi connectivity index (χ2v) is 9.80. The SMILES string of the molecule is C[Si](C)(C)Oc1c(Br)cc(C(=O)O)cc1C=O. The predicted molar refractivity (Wildman–Crippen MR) is 70.5 cm³/mol. The molecule has 1 aromatic carbocycles. The van der Waals surface area contributed by atoms with Crippen molar-refractivity contribution in [2.45, 2.75) is 19.6 Å². The first kappa shape index (κ1) is 13.9. The first-order valence-corrected chi connectivity index (χ1v) is 9.16. The number of carboxylic acids is 1. The lowest BCUT2D eigenvalue weighted by molar-refractivity contribution is 0.0697. The lowest BCUT2D eigenvalue weighted by atomic mass is 10.1. The summed E-state index contributed by atoms with van der Waals surface area (Å²) >= 11 is 3.23. The molecule has 0 amide bonds. The quantitative estimate of drug-likeness (QED) is 0.684. The van der Waals surface area contributed by atoms with Crippen LogP contribution in [0.3, 0.4) is 0 Å². The Hall–Kier alpha value is -1.14. The number of aromatic carboxylic acids is 1. The van der Waals surface area contributed by atoms with E-state index in [9.17, 15) is 9.59 Å². The summed E-state index contributed by atoms with van der Waals surface area (Å²) in [6.07, 6.45) is 0.604. The van der Waals surface area contributed by atoms with Crippen molar-refractivity contribution >= 4 is 36.5 Å². The molecule has 1 rings (SSSR count). The maximum absolute atomic E-state index is 11.0. The number of aldehydes is 1. The van der Waals surface area contributed by atoms with E-state index < -0.39 is 14.3 Å². The molecule has 17 heavy (non-hydrogen) atoms. The van der Waals surface area contributed by atoms with Crippen molar-refractivity contribution in [1.29, 1.82) is 0 Å². The summed E-state index contributed by atoms with van der Waals surface area (Å²) in [6, 6.07) is 2.75. The standard InChI is InChI=1S/C11H13BrO4Si/c1-17(2,3)16-10-8(6-13)4-7(11(14)15)5-9(10)12/h4-6H,1-3H3,(H,14,15). The van der Waals surface area contributed by atoms with Crippen LogP contribution in [0.4, 0.5) is 0 Å². The molecule has 0 fully saturated rings. The van der Waals surface area contributed by atoms with Crippen LogP contribution in [0.25, 0.3) is 0 Å². The highest BCUT2D eigenvalue weighted by Gasteiger charge is 2.21. The van der Waals surface area contributed by atoms with Crippen molar-refractivity contribution in [3.8, 4) is 5.75 Å². The molecular formula is C11H13BrO4Si. The van der Waals surface area contributed by atoms with Crippen LogP contribution in [-0.4, -0.2) is 25.7 Å². The Kier molecular flexibility index (Phi) is 4.10. The average Bonchev–Trinajstić information content (AvgIpc) is 2.18. The van der Waals surface area contributed by atoms with Gasteiger partial charge in [0.2, 0.25) is 8.32 Å². The van der Waals surface area contributed by atoms with Gasteiger partial charge >= 0.3 is 5.97 Å². The van der Waals surface area contributed by atoms with Crippen molar-refractivity contribution in [2.75, 3.05) is 0 Å². The van der Waals surface area contributed by atoms with E-state index in [1.54, 1.807) is 0 Å². The Balaban J connectivity index is 3.31. The number of rotatable bonds is 4. The summed E-state index contributed by atoms with van der Waals surface area (Å²) in [5, 5.41) is 8.88. The average molecular weight is 317 g/mol. The maximum Gasteiger partial charge on any atom is 0.335 e. The van der Waals surface area contributed by atoms with Gasteiger partial charge in [-0.2, -0.15) is 0 Å². The minimum atomic E-state index is -1.86. The van der Waals surface area contributed by atoms with Gasteiger partial charge < -0.3 is 9.53 Å². The summed E-state index contributed by atoms with van der Waals surface area (Å²) in [5.74, 6) is -0.655. The normalized spacial score (nSPS) is 11.1. The monoisotopic (exact) mass is 316 g/mol. The molecule has 0 aliphatic rings. The summed E-state index contributed by atoms with van der Waals surface area (Å²) in [5.41, 5.74) is 0.307. The third kappa shape index (κ3) is 3.67. The Labute approximate surface area is 109 Å². The number of carboxylic acid groups (broad SMARTS) is 1. The highest BCUT2D eigenvalue weighted by molar-refractivity contribution is 9.10. The van der Waals surface area contributed by atoms with Crippen LogP contribution in [0.15, 0.2) is 16.6 Å². The van der Waals surface area contributed by atoms with E-state index in [0.29, 0.717) is 16.5 Å². The van der Waals surface area contributed by atoms with E-state index in [-0.39, 0.29) is 11.1 Å². The van der Waals surface area contributed by atoms with Gasteiger partial charge in [0.05, 0.1) is 15.6 Å². The fourth-order valence-electron chi connectivity index (χ4n) is 1.24. The van der Waals surface area contributed by atoms with Crippen LogP contribution in [-0.2, 0) is 0 Å². The van der Waals surface area contributed by atoms with Gasteiger partial charge in [-0.15, -0.1) is 0 Å². The number of halogens is 1. The molecule has 0 atom stereocenters. The van der Waals surface area contributed by atoms with Gasteiger partial charge in [0.1, 0.15) is 5.75 Å². The highest BCUT2D eigenvalue weighted by Crippen LogP contribution is 2.32. The van der Waals surface area contributed by atoms with Gasteiger partial charge in [-0.25, -0.2) is 4.79 Å². The third-order valence-corrected chi connectivity index (χ3v) is 3.26. The Morgan fingerprint density at radius 3 is 2.41 bits per heavy atom. The molecule has 1 aromatic rings. The summed E-state index contributed by atoms with van der Waals surface area (Å²) < 4.78 is 6.24. The molecule has 0 aliphatic carbocycles. The fourth-order valence-corrected chi connectivity index (χ4v) is 2.79. The molecule has 0 heterocycles. The molecule has 0 spiro atoms. The van der Waals surface area contributed by atoms with Gasteiger partial charge in [-0.1, -0.05) is 0 Å². The number of hydrogen-bond donors (Lipinski definition) is 1.